The van der Waals surface area contributed by atoms with Crippen LogP contribution >= 0.6 is 55.0 Å². The highest BCUT2D eigenvalue weighted by Crippen LogP contribution is 2.23. The Morgan fingerprint density at radius 2 is 2.00 bits per heavy atom. The van der Waals surface area contributed by atoms with E-state index in [0.29, 0.717) is 5.75 Å². The van der Waals surface area contributed by atoms with Crippen LogP contribution in [0.5, 0.6) is 0 Å². The molecule has 0 fully saturated rings. The molecule has 0 bridgehead atoms. The van der Waals surface area contributed by atoms with Gasteiger partial charge in [0.15, 0.2) is 0 Å². The first kappa shape index (κ1) is 15.1. The average Bonchev–Trinajstić information content (AvgIpc) is 2.80. The van der Waals surface area contributed by atoms with Gasteiger partial charge in [0.1, 0.15) is 0 Å². The number of nitrogens with one attached hydrogen (secondary N) is 1. The SMILES string of the molecule is O=C(CSCc1cccs1)Nc1cc(Br)cc(Br)c1. The Hall–Kier alpha value is -0.300. The number of hydrogen-bond donors (Lipinski definition) is 1. The van der Waals surface area contributed by atoms with E-state index in [-0.39, 0.29) is 5.91 Å². The normalized spacial score (nSPS) is 10.4. The highest BCUT2D eigenvalue weighted by molar-refractivity contribution is 9.11. The van der Waals surface area contributed by atoms with Gasteiger partial charge in [0, 0.05) is 25.3 Å². The Morgan fingerprint density at radius 3 is 2.63 bits per heavy atom. The van der Waals surface area contributed by atoms with Gasteiger partial charge in [0.2, 0.25) is 5.91 Å². The molecule has 0 unspecified atom stereocenters. The monoisotopic (exact) mass is 419 g/mol. The van der Waals surface area contributed by atoms with E-state index in [9.17, 15) is 4.79 Å². The minimum atomic E-state index is 0.0200. The standard InChI is InChI=1S/C13H11Br2NOS2/c14-9-4-10(15)6-11(5-9)16-13(17)8-18-7-12-2-1-3-19-12/h1-6H,7-8H2,(H,16,17). The molecule has 0 aliphatic heterocycles. The number of halogens is 2. The number of thiophene rings is 1. The molecule has 1 N–H and O–H groups in total. The number of thioether (sulfide) groups is 1. The fraction of sp³-hybridized carbons (Fsp3) is 0.154. The maximum absolute atomic E-state index is 11.8. The lowest BCUT2D eigenvalue weighted by Crippen LogP contribution is -2.14. The molecule has 19 heavy (non-hydrogen) atoms. The molecular weight excluding hydrogens is 410 g/mol. The number of anilines is 1. The highest BCUT2D eigenvalue weighted by Gasteiger charge is 2.05. The predicted octanol–water partition coefficient (Wildman–Crippen LogP) is 5.15. The molecule has 0 saturated carbocycles. The molecule has 100 valence electrons. The molecule has 1 amide bonds. The maximum Gasteiger partial charge on any atom is 0.234 e. The quantitative estimate of drug-likeness (QED) is 0.724. The fourth-order valence-corrected chi connectivity index (χ4v) is 4.42. The van der Waals surface area contributed by atoms with E-state index >= 15 is 0 Å². The van der Waals surface area contributed by atoms with E-state index in [1.54, 1.807) is 23.1 Å². The summed E-state index contributed by atoms with van der Waals surface area (Å²) in [5, 5.41) is 4.94. The number of hydrogen-bond acceptors (Lipinski definition) is 3. The van der Waals surface area contributed by atoms with Gasteiger partial charge >= 0.3 is 0 Å². The Kier molecular flexibility index (Phi) is 5.94. The Balaban J connectivity index is 1.80. The molecule has 0 saturated heterocycles. The maximum atomic E-state index is 11.8. The zero-order chi connectivity index (χ0) is 13.7. The van der Waals surface area contributed by atoms with Crippen molar-refractivity contribution in [2.75, 3.05) is 11.1 Å². The Bertz CT molecular complexity index is 538. The van der Waals surface area contributed by atoms with Gasteiger partial charge in [-0.15, -0.1) is 23.1 Å². The lowest BCUT2D eigenvalue weighted by Gasteiger charge is -2.06. The van der Waals surface area contributed by atoms with E-state index < -0.39 is 0 Å². The topological polar surface area (TPSA) is 29.1 Å². The van der Waals surface area contributed by atoms with Gasteiger partial charge in [-0.3, -0.25) is 4.79 Å². The molecule has 2 aromatic rings. The summed E-state index contributed by atoms with van der Waals surface area (Å²) in [6.45, 7) is 0. The average molecular weight is 421 g/mol. The van der Waals surface area contributed by atoms with E-state index in [1.807, 2.05) is 24.3 Å². The summed E-state index contributed by atoms with van der Waals surface area (Å²) in [5.74, 6) is 1.36. The van der Waals surface area contributed by atoms with E-state index in [2.05, 4.69) is 48.6 Å². The number of carbonyl (C=O) groups excluding carboxylic acids is 1. The molecule has 0 atom stereocenters. The van der Waals surface area contributed by atoms with Gasteiger partial charge in [-0.1, -0.05) is 37.9 Å². The summed E-state index contributed by atoms with van der Waals surface area (Å²) in [4.78, 5) is 13.1. The van der Waals surface area contributed by atoms with Crippen LogP contribution in [0.25, 0.3) is 0 Å². The van der Waals surface area contributed by atoms with Crippen LogP contribution < -0.4 is 5.32 Å². The van der Waals surface area contributed by atoms with Crippen LogP contribution in [-0.2, 0) is 10.5 Å². The van der Waals surface area contributed by atoms with Crippen molar-refractivity contribution in [2.45, 2.75) is 5.75 Å². The molecule has 2 nitrogen and oxygen atoms in total. The first-order valence-corrected chi connectivity index (χ1v) is 9.11. The van der Waals surface area contributed by atoms with Crippen LogP contribution in [-0.4, -0.2) is 11.7 Å². The van der Waals surface area contributed by atoms with Gasteiger partial charge in [-0.2, -0.15) is 0 Å². The van der Waals surface area contributed by atoms with Crippen LogP contribution in [0.4, 0.5) is 5.69 Å². The van der Waals surface area contributed by atoms with Crippen molar-refractivity contribution in [3.05, 3.63) is 49.5 Å². The zero-order valence-corrected chi connectivity index (χ0v) is 14.7. The molecule has 6 heteroatoms. The smallest absolute Gasteiger partial charge is 0.234 e. The highest BCUT2D eigenvalue weighted by atomic mass is 79.9. The molecular formula is C13H11Br2NOS2. The number of rotatable bonds is 5. The van der Waals surface area contributed by atoms with Gasteiger partial charge in [0.05, 0.1) is 5.75 Å². The third-order valence-electron chi connectivity index (χ3n) is 2.20. The van der Waals surface area contributed by atoms with Crippen molar-refractivity contribution in [3.63, 3.8) is 0 Å². The molecule has 1 aromatic carbocycles. The van der Waals surface area contributed by atoms with Gasteiger partial charge in [-0.05, 0) is 29.6 Å². The van der Waals surface area contributed by atoms with Gasteiger partial charge in [-0.25, -0.2) is 0 Å². The zero-order valence-electron chi connectivity index (χ0n) is 9.86. The summed E-state index contributed by atoms with van der Waals surface area (Å²) >= 11 is 10.1. The van der Waals surface area contributed by atoms with E-state index in [4.69, 9.17) is 0 Å². The lowest BCUT2D eigenvalue weighted by atomic mass is 10.3. The van der Waals surface area contributed by atoms with Crippen LogP contribution in [0.1, 0.15) is 4.88 Å². The van der Waals surface area contributed by atoms with Gasteiger partial charge in [0.25, 0.3) is 0 Å². The van der Waals surface area contributed by atoms with Crippen LogP contribution in [0.15, 0.2) is 44.7 Å². The summed E-state index contributed by atoms with van der Waals surface area (Å²) in [6, 6.07) is 9.81. The first-order chi connectivity index (χ1) is 9.13. The molecule has 0 radical (unpaired) electrons. The van der Waals surface area contributed by atoms with E-state index in [0.717, 1.165) is 20.4 Å². The lowest BCUT2D eigenvalue weighted by molar-refractivity contribution is -0.113. The largest absolute Gasteiger partial charge is 0.325 e. The van der Waals surface area contributed by atoms with Crippen LogP contribution in [0.2, 0.25) is 0 Å². The second kappa shape index (κ2) is 7.47. The molecule has 2 rings (SSSR count). The summed E-state index contributed by atoms with van der Waals surface area (Å²) < 4.78 is 1.87. The summed E-state index contributed by atoms with van der Waals surface area (Å²) in [7, 11) is 0. The molecule has 0 aliphatic rings. The minimum absolute atomic E-state index is 0.0200. The summed E-state index contributed by atoms with van der Waals surface area (Å²) in [5.41, 5.74) is 0.794. The number of carbonyl (C=O) groups is 1. The Morgan fingerprint density at radius 1 is 1.26 bits per heavy atom. The number of benzene rings is 1. The van der Waals surface area contributed by atoms with E-state index in [1.165, 1.54) is 4.88 Å². The minimum Gasteiger partial charge on any atom is -0.325 e. The van der Waals surface area contributed by atoms with Crippen molar-refractivity contribution in [3.8, 4) is 0 Å². The van der Waals surface area contributed by atoms with Crippen molar-refractivity contribution < 1.29 is 4.79 Å². The third-order valence-corrected chi connectivity index (χ3v) is 5.16. The van der Waals surface area contributed by atoms with Crippen molar-refractivity contribution >= 4 is 66.6 Å². The molecule has 1 aromatic heterocycles. The molecule has 0 aliphatic carbocycles. The van der Waals surface area contributed by atoms with Gasteiger partial charge < -0.3 is 5.32 Å². The van der Waals surface area contributed by atoms with Crippen molar-refractivity contribution in [2.24, 2.45) is 0 Å². The fourth-order valence-electron chi connectivity index (χ4n) is 1.46. The molecule has 1 heterocycles. The number of amides is 1. The van der Waals surface area contributed by atoms with Crippen molar-refractivity contribution in [1.82, 2.24) is 0 Å². The second-order valence-corrected chi connectivity index (χ2v) is 7.63. The molecule has 0 spiro atoms. The second-order valence-electron chi connectivity index (χ2n) is 3.78. The van der Waals surface area contributed by atoms with Crippen LogP contribution in [0, 0.1) is 0 Å². The van der Waals surface area contributed by atoms with Crippen molar-refractivity contribution in [1.29, 1.82) is 0 Å². The first-order valence-electron chi connectivity index (χ1n) is 5.49. The third kappa shape index (κ3) is 5.30. The van der Waals surface area contributed by atoms with Crippen LogP contribution in [0.3, 0.4) is 0 Å². The Labute approximate surface area is 137 Å². The summed E-state index contributed by atoms with van der Waals surface area (Å²) in [6.07, 6.45) is 0. The predicted molar refractivity (Wildman–Crippen MR) is 91.0 cm³/mol.